The van der Waals surface area contributed by atoms with Crippen LogP contribution in [0.3, 0.4) is 0 Å². The van der Waals surface area contributed by atoms with Crippen molar-refractivity contribution in [2.24, 2.45) is 17.8 Å². The fraction of sp³-hybridized carbons (Fsp3) is 0.800. The van der Waals surface area contributed by atoms with E-state index < -0.39 is 0 Å². The molecule has 0 bridgehead atoms. The standard InChI is InChI=1S/C20H32O2/c1-12-6-10-16(13(2)8-11-17-20(4,5)22-17)19(21)18-14(3)7-9-15(12)18/h7,13,16-19,21H,6,8-11H2,1-5H3/t13-,16+,17?,18-,19-/m1/s1. The Morgan fingerprint density at radius 3 is 2.68 bits per heavy atom. The molecule has 0 aromatic carbocycles. The predicted octanol–water partition coefficient (Wildman–Crippen LogP) is 4.63. The molecule has 5 atom stereocenters. The van der Waals surface area contributed by atoms with Crippen LogP contribution < -0.4 is 0 Å². The van der Waals surface area contributed by atoms with E-state index in [1.54, 1.807) is 0 Å². The zero-order valence-corrected chi connectivity index (χ0v) is 14.9. The van der Waals surface area contributed by atoms with Gasteiger partial charge in [-0.15, -0.1) is 0 Å². The van der Waals surface area contributed by atoms with Crippen molar-refractivity contribution in [2.75, 3.05) is 0 Å². The summed E-state index contributed by atoms with van der Waals surface area (Å²) >= 11 is 0. The van der Waals surface area contributed by atoms with Crippen LogP contribution in [0.2, 0.25) is 0 Å². The zero-order chi connectivity index (χ0) is 16.1. The molecule has 0 saturated carbocycles. The second-order valence-corrected chi connectivity index (χ2v) is 8.39. The number of hydrogen-bond acceptors (Lipinski definition) is 2. The van der Waals surface area contributed by atoms with Gasteiger partial charge in [0.1, 0.15) is 0 Å². The number of hydrogen-bond donors (Lipinski definition) is 1. The fourth-order valence-corrected chi connectivity index (χ4v) is 4.67. The summed E-state index contributed by atoms with van der Waals surface area (Å²) in [4.78, 5) is 0. The van der Waals surface area contributed by atoms with E-state index in [1.807, 2.05) is 0 Å². The van der Waals surface area contributed by atoms with Gasteiger partial charge in [-0.1, -0.05) is 29.7 Å². The van der Waals surface area contributed by atoms with Gasteiger partial charge < -0.3 is 9.84 Å². The van der Waals surface area contributed by atoms with Crippen LogP contribution in [0, 0.1) is 17.8 Å². The van der Waals surface area contributed by atoms with Crippen molar-refractivity contribution in [3.8, 4) is 0 Å². The van der Waals surface area contributed by atoms with Crippen LogP contribution in [0.1, 0.15) is 66.7 Å². The summed E-state index contributed by atoms with van der Waals surface area (Å²) in [6.45, 7) is 11.2. The first-order valence-corrected chi connectivity index (χ1v) is 9.02. The third-order valence-corrected chi connectivity index (χ3v) is 6.47. The Morgan fingerprint density at radius 1 is 1.36 bits per heavy atom. The molecule has 1 fully saturated rings. The van der Waals surface area contributed by atoms with Crippen molar-refractivity contribution in [1.82, 2.24) is 0 Å². The van der Waals surface area contributed by atoms with E-state index in [4.69, 9.17) is 4.74 Å². The molecule has 3 aliphatic rings. The van der Waals surface area contributed by atoms with Gasteiger partial charge in [0.25, 0.3) is 0 Å². The molecule has 0 amide bonds. The maximum Gasteiger partial charge on any atom is 0.0892 e. The minimum absolute atomic E-state index is 0.0951. The minimum atomic E-state index is -0.200. The lowest BCUT2D eigenvalue weighted by Gasteiger charge is -2.32. The average molecular weight is 304 g/mol. The fourth-order valence-electron chi connectivity index (χ4n) is 4.67. The van der Waals surface area contributed by atoms with Gasteiger partial charge in [-0.2, -0.15) is 0 Å². The summed E-state index contributed by atoms with van der Waals surface area (Å²) in [5, 5.41) is 11.1. The van der Waals surface area contributed by atoms with Crippen molar-refractivity contribution < 1.29 is 9.84 Å². The van der Waals surface area contributed by atoms with Crippen molar-refractivity contribution in [3.05, 3.63) is 22.8 Å². The van der Waals surface area contributed by atoms with Gasteiger partial charge in [-0.05, 0) is 71.6 Å². The van der Waals surface area contributed by atoms with Gasteiger partial charge in [0, 0.05) is 5.92 Å². The van der Waals surface area contributed by atoms with E-state index in [-0.39, 0.29) is 11.7 Å². The van der Waals surface area contributed by atoms with Crippen molar-refractivity contribution in [2.45, 2.75) is 84.5 Å². The zero-order valence-electron chi connectivity index (χ0n) is 14.9. The minimum Gasteiger partial charge on any atom is -0.392 e. The lowest BCUT2D eigenvalue weighted by atomic mass is 9.77. The quantitative estimate of drug-likeness (QED) is 0.606. The second-order valence-electron chi connectivity index (χ2n) is 8.39. The second kappa shape index (κ2) is 5.79. The average Bonchev–Trinajstić information content (AvgIpc) is 2.91. The predicted molar refractivity (Wildman–Crippen MR) is 90.6 cm³/mol. The molecule has 3 rings (SSSR count). The SMILES string of the molecule is CC1=CCC2=C(C)CC[C@@H]([C@H](C)CCC3OC3(C)C)[C@@H](O)[C@H]12. The first-order valence-electron chi connectivity index (χ1n) is 9.02. The smallest absolute Gasteiger partial charge is 0.0892 e. The van der Waals surface area contributed by atoms with E-state index in [0.717, 1.165) is 25.7 Å². The third-order valence-electron chi connectivity index (χ3n) is 6.47. The summed E-state index contributed by atoms with van der Waals surface area (Å²) in [5.74, 6) is 1.28. The van der Waals surface area contributed by atoms with Crippen molar-refractivity contribution in [3.63, 3.8) is 0 Å². The molecule has 124 valence electrons. The highest BCUT2D eigenvalue weighted by Crippen LogP contribution is 2.46. The number of fused-ring (bicyclic) bond motifs is 1. The van der Waals surface area contributed by atoms with Crippen molar-refractivity contribution in [1.29, 1.82) is 0 Å². The van der Waals surface area contributed by atoms with Gasteiger partial charge >= 0.3 is 0 Å². The summed E-state index contributed by atoms with van der Waals surface area (Å²) in [5.41, 5.74) is 4.51. The first kappa shape index (κ1) is 16.3. The molecule has 1 saturated heterocycles. The molecular formula is C20H32O2. The highest BCUT2D eigenvalue weighted by Gasteiger charge is 2.47. The highest BCUT2D eigenvalue weighted by atomic mass is 16.6. The highest BCUT2D eigenvalue weighted by molar-refractivity contribution is 5.35. The molecule has 0 aromatic rings. The van der Waals surface area contributed by atoms with E-state index in [0.29, 0.717) is 23.9 Å². The number of allylic oxidation sites excluding steroid dienone is 2. The third kappa shape index (κ3) is 2.92. The van der Waals surface area contributed by atoms with Gasteiger partial charge in [0.15, 0.2) is 0 Å². The van der Waals surface area contributed by atoms with Gasteiger partial charge in [0.05, 0.1) is 17.8 Å². The van der Waals surface area contributed by atoms with Crippen LogP contribution in [-0.2, 0) is 4.74 Å². The molecule has 0 spiro atoms. The Labute approximate surface area is 135 Å². The van der Waals surface area contributed by atoms with Crippen LogP contribution in [0.25, 0.3) is 0 Å². The van der Waals surface area contributed by atoms with Gasteiger partial charge in [0.2, 0.25) is 0 Å². The summed E-state index contributed by atoms with van der Waals surface area (Å²) in [7, 11) is 0. The van der Waals surface area contributed by atoms with Gasteiger partial charge in [-0.25, -0.2) is 0 Å². The van der Waals surface area contributed by atoms with Crippen LogP contribution in [0.4, 0.5) is 0 Å². The number of epoxide rings is 1. The maximum absolute atomic E-state index is 11.1. The Morgan fingerprint density at radius 2 is 2.05 bits per heavy atom. The number of ether oxygens (including phenoxy) is 1. The molecule has 1 N–H and O–H groups in total. The summed E-state index contributed by atoms with van der Waals surface area (Å²) < 4.78 is 5.72. The largest absolute Gasteiger partial charge is 0.392 e. The molecule has 1 unspecified atom stereocenters. The van der Waals surface area contributed by atoms with Gasteiger partial charge in [-0.3, -0.25) is 0 Å². The Balaban J connectivity index is 1.65. The summed E-state index contributed by atoms with van der Waals surface area (Å²) in [6.07, 6.45) is 8.21. The topological polar surface area (TPSA) is 32.8 Å². The Hall–Kier alpha value is -0.600. The van der Waals surface area contributed by atoms with Crippen LogP contribution in [0.15, 0.2) is 22.8 Å². The number of aliphatic hydroxyl groups is 1. The van der Waals surface area contributed by atoms with Crippen molar-refractivity contribution >= 4 is 0 Å². The maximum atomic E-state index is 11.1. The van der Waals surface area contributed by atoms with Crippen LogP contribution in [-0.4, -0.2) is 22.9 Å². The Kier molecular flexibility index (Phi) is 4.28. The Bertz CT molecular complexity index is 500. The number of rotatable bonds is 4. The summed E-state index contributed by atoms with van der Waals surface area (Å²) in [6, 6.07) is 0. The van der Waals surface area contributed by atoms with E-state index in [9.17, 15) is 5.11 Å². The van der Waals surface area contributed by atoms with E-state index >= 15 is 0 Å². The molecular weight excluding hydrogens is 272 g/mol. The van der Waals surface area contributed by atoms with E-state index in [1.165, 1.54) is 23.1 Å². The molecule has 2 heteroatoms. The molecule has 22 heavy (non-hydrogen) atoms. The molecule has 2 aliphatic carbocycles. The first-order chi connectivity index (χ1) is 10.3. The normalized spacial score (nSPS) is 38.4. The molecule has 2 nitrogen and oxygen atoms in total. The molecule has 1 aliphatic heterocycles. The molecule has 0 radical (unpaired) electrons. The van der Waals surface area contributed by atoms with Crippen LogP contribution >= 0.6 is 0 Å². The monoisotopic (exact) mass is 304 g/mol. The number of aliphatic hydroxyl groups excluding tert-OH is 1. The molecule has 1 heterocycles. The molecule has 0 aromatic heterocycles. The lowest BCUT2D eigenvalue weighted by molar-refractivity contribution is 0.0465. The van der Waals surface area contributed by atoms with Crippen LogP contribution in [0.5, 0.6) is 0 Å². The lowest BCUT2D eigenvalue weighted by Crippen LogP contribution is -2.33. The van der Waals surface area contributed by atoms with E-state index in [2.05, 4.69) is 40.7 Å².